The van der Waals surface area contributed by atoms with Gasteiger partial charge in [-0.25, -0.2) is 9.59 Å². The summed E-state index contributed by atoms with van der Waals surface area (Å²) in [5.74, 6) is -2.53. The highest BCUT2D eigenvalue weighted by Crippen LogP contribution is 2.52. The number of fused-ring (bicyclic) bond motifs is 2. The summed E-state index contributed by atoms with van der Waals surface area (Å²) >= 11 is 0. The summed E-state index contributed by atoms with van der Waals surface area (Å²) in [4.78, 5) is 40.6. The van der Waals surface area contributed by atoms with Crippen LogP contribution >= 0.6 is 0 Å². The zero-order valence-electron chi connectivity index (χ0n) is 19.4. The molecule has 8 heteroatoms. The van der Waals surface area contributed by atoms with Gasteiger partial charge in [0.25, 0.3) is 0 Å². The van der Waals surface area contributed by atoms with Crippen molar-refractivity contribution in [1.29, 1.82) is 0 Å². The van der Waals surface area contributed by atoms with Gasteiger partial charge < -0.3 is 25.3 Å². The SMILES string of the molecule is CC1=C(C(=O)OC(C)(C)C)[C@]2(C(=O)Nc3ccccc32)C(C(=O)OCc2ccccc2)=C(N)O1. The monoisotopic (exact) mass is 462 g/mol. The van der Waals surface area contributed by atoms with Gasteiger partial charge in [-0.15, -0.1) is 0 Å². The van der Waals surface area contributed by atoms with Crippen LogP contribution < -0.4 is 11.1 Å². The van der Waals surface area contributed by atoms with E-state index in [1.165, 1.54) is 6.92 Å². The molecule has 8 nitrogen and oxygen atoms in total. The van der Waals surface area contributed by atoms with Crippen LogP contribution in [0.2, 0.25) is 0 Å². The second-order valence-corrected chi connectivity index (χ2v) is 9.09. The maximum absolute atomic E-state index is 13.7. The molecule has 1 amide bonds. The fraction of sp³-hybridized carbons (Fsp3) is 0.269. The number of para-hydroxylation sites is 1. The molecule has 0 fully saturated rings. The summed E-state index contributed by atoms with van der Waals surface area (Å²) in [6.45, 7) is 6.57. The van der Waals surface area contributed by atoms with Gasteiger partial charge in [0.2, 0.25) is 11.8 Å². The molecule has 0 saturated carbocycles. The number of nitrogens with two attached hydrogens (primary N) is 1. The number of hydrogen-bond donors (Lipinski definition) is 2. The van der Waals surface area contributed by atoms with Crippen LogP contribution in [0.1, 0.15) is 38.8 Å². The number of allylic oxidation sites excluding steroid dienone is 1. The smallest absolute Gasteiger partial charge is 0.341 e. The maximum Gasteiger partial charge on any atom is 0.341 e. The van der Waals surface area contributed by atoms with Crippen LogP contribution in [0.5, 0.6) is 0 Å². The van der Waals surface area contributed by atoms with Crippen molar-refractivity contribution in [2.24, 2.45) is 5.73 Å². The van der Waals surface area contributed by atoms with E-state index < -0.39 is 28.9 Å². The van der Waals surface area contributed by atoms with E-state index in [0.29, 0.717) is 11.3 Å². The third-order valence-electron chi connectivity index (χ3n) is 5.55. The zero-order valence-corrected chi connectivity index (χ0v) is 19.4. The van der Waals surface area contributed by atoms with Crippen molar-refractivity contribution in [3.63, 3.8) is 0 Å². The number of ether oxygens (including phenoxy) is 3. The number of nitrogens with one attached hydrogen (secondary N) is 1. The van der Waals surface area contributed by atoms with E-state index in [1.807, 2.05) is 18.2 Å². The summed E-state index contributed by atoms with van der Waals surface area (Å²) in [7, 11) is 0. The Balaban J connectivity index is 1.87. The molecule has 2 aromatic rings. The summed E-state index contributed by atoms with van der Waals surface area (Å²) in [6, 6.07) is 15.9. The lowest BCUT2D eigenvalue weighted by atomic mass is 9.67. The van der Waals surface area contributed by atoms with E-state index in [9.17, 15) is 14.4 Å². The Bertz CT molecular complexity index is 1240. The first-order valence-corrected chi connectivity index (χ1v) is 10.8. The van der Waals surface area contributed by atoms with E-state index in [-0.39, 0.29) is 29.4 Å². The third kappa shape index (κ3) is 3.81. The predicted octanol–water partition coefficient (Wildman–Crippen LogP) is 3.44. The molecule has 4 rings (SSSR count). The fourth-order valence-corrected chi connectivity index (χ4v) is 4.27. The van der Waals surface area contributed by atoms with Gasteiger partial charge in [0, 0.05) is 11.3 Å². The molecule has 2 aliphatic heterocycles. The molecule has 0 bridgehead atoms. The van der Waals surface area contributed by atoms with E-state index >= 15 is 0 Å². The van der Waals surface area contributed by atoms with Crippen LogP contribution in [-0.4, -0.2) is 23.4 Å². The van der Waals surface area contributed by atoms with Crippen molar-refractivity contribution in [2.45, 2.75) is 45.3 Å². The second-order valence-electron chi connectivity index (χ2n) is 9.09. The van der Waals surface area contributed by atoms with Gasteiger partial charge in [0.15, 0.2) is 0 Å². The van der Waals surface area contributed by atoms with Crippen LogP contribution in [0, 0.1) is 0 Å². The Labute approximate surface area is 197 Å². The molecule has 2 heterocycles. The minimum absolute atomic E-state index is 0.0553. The molecule has 3 N–H and O–H groups in total. The van der Waals surface area contributed by atoms with Crippen LogP contribution in [0.15, 0.2) is 77.4 Å². The molecule has 1 spiro atoms. The molecule has 1 atom stereocenters. The lowest BCUT2D eigenvalue weighted by Gasteiger charge is -2.36. The zero-order chi connectivity index (χ0) is 24.7. The number of hydrogen-bond acceptors (Lipinski definition) is 7. The topological polar surface area (TPSA) is 117 Å². The molecule has 2 aliphatic rings. The molecule has 176 valence electrons. The number of rotatable bonds is 4. The van der Waals surface area contributed by atoms with Crippen molar-refractivity contribution < 1.29 is 28.6 Å². The van der Waals surface area contributed by atoms with Gasteiger partial charge in [-0.1, -0.05) is 48.5 Å². The van der Waals surface area contributed by atoms with Crippen molar-refractivity contribution in [2.75, 3.05) is 5.32 Å². The number of carbonyl (C=O) groups is 3. The quantitative estimate of drug-likeness (QED) is 0.669. The minimum Gasteiger partial charge on any atom is -0.457 e. The van der Waals surface area contributed by atoms with Gasteiger partial charge in [-0.05, 0) is 39.3 Å². The van der Waals surface area contributed by atoms with Crippen LogP contribution in [0.3, 0.4) is 0 Å². The lowest BCUT2D eigenvalue weighted by molar-refractivity contribution is -0.152. The molecule has 0 radical (unpaired) electrons. The molecular formula is C26H26N2O6. The highest BCUT2D eigenvalue weighted by molar-refractivity contribution is 6.21. The lowest BCUT2D eigenvalue weighted by Crippen LogP contribution is -2.49. The van der Waals surface area contributed by atoms with Gasteiger partial charge in [-0.2, -0.15) is 0 Å². The standard InChI is InChI=1S/C26H26N2O6/c1-15-19(23(30)34-25(2,3)4)26(17-12-8-9-13-18(17)28-24(26)31)20(21(27)33-15)22(29)32-14-16-10-6-5-7-11-16/h5-13H,14,27H2,1-4H3,(H,28,31)/t26-/m0/s1. The first-order chi connectivity index (χ1) is 16.1. The highest BCUT2D eigenvalue weighted by Gasteiger charge is 2.62. The number of carbonyl (C=O) groups excluding carboxylic acids is 3. The predicted molar refractivity (Wildman–Crippen MR) is 124 cm³/mol. The van der Waals surface area contributed by atoms with E-state index in [1.54, 1.807) is 57.2 Å². The fourth-order valence-electron chi connectivity index (χ4n) is 4.27. The summed E-state index contributed by atoms with van der Waals surface area (Å²) < 4.78 is 16.8. The minimum atomic E-state index is -1.89. The average molecular weight is 463 g/mol. The second kappa shape index (κ2) is 8.37. The van der Waals surface area contributed by atoms with Crippen LogP contribution in [0.4, 0.5) is 5.69 Å². The first kappa shape index (κ1) is 23.1. The average Bonchev–Trinajstić information content (AvgIpc) is 3.03. The van der Waals surface area contributed by atoms with Gasteiger partial charge in [0.1, 0.15) is 34.5 Å². The summed E-state index contributed by atoms with van der Waals surface area (Å²) in [5, 5.41) is 2.77. The molecule has 0 aliphatic carbocycles. The summed E-state index contributed by atoms with van der Waals surface area (Å²) in [6.07, 6.45) is 0. The number of anilines is 1. The number of esters is 2. The van der Waals surface area contributed by atoms with Crippen LogP contribution in [-0.2, 0) is 40.6 Å². The van der Waals surface area contributed by atoms with Crippen molar-refractivity contribution in [3.05, 3.63) is 88.5 Å². The molecule has 34 heavy (non-hydrogen) atoms. The normalized spacial score (nSPS) is 19.5. The number of benzene rings is 2. The molecule has 0 saturated heterocycles. The van der Waals surface area contributed by atoms with E-state index in [0.717, 1.165) is 5.56 Å². The van der Waals surface area contributed by atoms with E-state index in [2.05, 4.69) is 5.32 Å². The maximum atomic E-state index is 13.7. The van der Waals surface area contributed by atoms with Gasteiger partial charge in [0.05, 0.1) is 0 Å². The Morgan fingerprint density at radius 2 is 1.65 bits per heavy atom. The largest absolute Gasteiger partial charge is 0.457 e. The molecule has 2 aromatic carbocycles. The number of amides is 1. The van der Waals surface area contributed by atoms with Gasteiger partial charge in [-0.3, -0.25) is 4.79 Å². The van der Waals surface area contributed by atoms with Crippen molar-refractivity contribution >= 4 is 23.5 Å². The summed E-state index contributed by atoms with van der Waals surface area (Å²) in [5.41, 5.74) is 4.64. The first-order valence-electron chi connectivity index (χ1n) is 10.8. The Morgan fingerprint density at radius 3 is 2.32 bits per heavy atom. The highest BCUT2D eigenvalue weighted by atomic mass is 16.6. The Kier molecular flexibility index (Phi) is 5.69. The Hall–Kier alpha value is -4.07. The van der Waals surface area contributed by atoms with Crippen LogP contribution in [0.25, 0.3) is 0 Å². The molecule has 0 unspecified atom stereocenters. The Morgan fingerprint density at radius 1 is 1.00 bits per heavy atom. The van der Waals surface area contributed by atoms with E-state index in [4.69, 9.17) is 19.9 Å². The molecule has 0 aromatic heterocycles. The molecular weight excluding hydrogens is 436 g/mol. The van der Waals surface area contributed by atoms with Crippen molar-refractivity contribution in [1.82, 2.24) is 0 Å². The van der Waals surface area contributed by atoms with Gasteiger partial charge >= 0.3 is 11.9 Å². The van der Waals surface area contributed by atoms with Crippen molar-refractivity contribution in [3.8, 4) is 0 Å². The third-order valence-corrected chi connectivity index (χ3v) is 5.55.